The Balaban J connectivity index is 1.26. The number of carbonyl (C=O) groups excluding carboxylic acids is 2. The molecule has 0 aromatic heterocycles. The van der Waals surface area contributed by atoms with E-state index in [1.807, 2.05) is 30.3 Å². The van der Waals surface area contributed by atoms with E-state index < -0.39 is 10.0 Å². The van der Waals surface area contributed by atoms with Crippen LogP contribution in [0.1, 0.15) is 18.4 Å². The molecule has 1 aliphatic heterocycles. The monoisotopic (exact) mass is 637 g/mol. The van der Waals surface area contributed by atoms with Crippen molar-refractivity contribution in [2.45, 2.75) is 24.3 Å². The number of hydrogen-bond acceptors (Lipinski definition) is 4. The van der Waals surface area contributed by atoms with Crippen molar-refractivity contribution in [2.75, 3.05) is 26.2 Å². The molecule has 3 aromatic carbocycles. The standard InChI is InChI=1S/C27H26BrCl2N3O4S/c28-20-5-8-22(9-6-20)38(36,37)33-15-13-32(14-16-33)27(35)12-11-26(34)31-18-19-3-1-2-4-23(19)24-10-7-21(29)17-25(24)30/h1-10,17H,11-16,18H2,(H,31,34). The summed E-state index contributed by atoms with van der Waals surface area (Å²) in [5.41, 5.74) is 2.60. The summed E-state index contributed by atoms with van der Waals surface area (Å²) in [4.78, 5) is 27.0. The molecule has 0 saturated carbocycles. The molecular formula is C27H26BrCl2N3O4S. The number of amides is 2. The number of nitrogens with zero attached hydrogens (tertiary/aromatic N) is 2. The fourth-order valence-corrected chi connectivity index (χ4v) is 6.44. The number of piperazine rings is 1. The van der Waals surface area contributed by atoms with Crippen LogP contribution in [0.5, 0.6) is 0 Å². The second kappa shape index (κ2) is 12.6. The van der Waals surface area contributed by atoms with Crippen LogP contribution in [-0.2, 0) is 26.2 Å². The number of benzene rings is 3. The SMILES string of the molecule is O=C(CCC(=O)N1CCN(S(=O)(=O)c2ccc(Br)cc2)CC1)NCc1ccccc1-c1ccc(Cl)cc1Cl. The van der Waals surface area contributed by atoms with Crippen molar-refractivity contribution in [3.8, 4) is 11.1 Å². The Morgan fingerprint density at radius 3 is 2.24 bits per heavy atom. The summed E-state index contributed by atoms with van der Waals surface area (Å²) in [5.74, 6) is -0.416. The molecule has 0 radical (unpaired) electrons. The van der Waals surface area contributed by atoms with E-state index >= 15 is 0 Å². The number of carbonyl (C=O) groups is 2. The van der Waals surface area contributed by atoms with Crippen molar-refractivity contribution in [2.24, 2.45) is 0 Å². The van der Waals surface area contributed by atoms with Crippen molar-refractivity contribution in [1.29, 1.82) is 0 Å². The van der Waals surface area contributed by atoms with Crippen molar-refractivity contribution < 1.29 is 18.0 Å². The lowest BCUT2D eigenvalue weighted by molar-refractivity contribution is -0.134. The highest BCUT2D eigenvalue weighted by molar-refractivity contribution is 9.10. The Morgan fingerprint density at radius 2 is 1.55 bits per heavy atom. The minimum Gasteiger partial charge on any atom is -0.352 e. The maximum Gasteiger partial charge on any atom is 0.243 e. The molecule has 0 spiro atoms. The van der Waals surface area contributed by atoms with E-state index in [1.54, 1.807) is 41.3 Å². The average molecular weight is 639 g/mol. The lowest BCUT2D eigenvalue weighted by Gasteiger charge is -2.34. The lowest BCUT2D eigenvalue weighted by atomic mass is 9.99. The van der Waals surface area contributed by atoms with Crippen LogP contribution in [0.15, 0.2) is 76.1 Å². The van der Waals surface area contributed by atoms with E-state index in [0.717, 1.165) is 21.2 Å². The third-order valence-corrected chi connectivity index (χ3v) is 9.31. The summed E-state index contributed by atoms with van der Waals surface area (Å²) in [6, 6.07) is 19.4. The average Bonchev–Trinajstić information content (AvgIpc) is 2.91. The Morgan fingerprint density at radius 1 is 0.868 bits per heavy atom. The first-order valence-electron chi connectivity index (χ1n) is 12.0. The second-order valence-corrected chi connectivity index (χ2v) is 12.5. The molecule has 0 bridgehead atoms. The molecular weight excluding hydrogens is 613 g/mol. The zero-order valence-electron chi connectivity index (χ0n) is 20.4. The van der Waals surface area contributed by atoms with Crippen LogP contribution in [-0.4, -0.2) is 55.6 Å². The topological polar surface area (TPSA) is 86.8 Å². The second-order valence-electron chi connectivity index (χ2n) is 8.80. The van der Waals surface area contributed by atoms with Gasteiger partial charge in [0, 0.05) is 65.6 Å². The van der Waals surface area contributed by atoms with E-state index in [1.165, 1.54) is 4.31 Å². The molecule has 3 aromatic rings. The van der Waals surface area contributed by atoms with Crippen molar-refractivity contribution in [3.05, 3.63) is 86.8 Å². The van der Waals surface area contributed by atoms with Crippen molar-refractivity contribution in [1.82, 2.24) is 14.5 Å². The first kappa shape index (κ1) is 28.6. The minimum atomic E-state index is -3.62. The van der Waals surface area contributed by atoms with Crippen LogP contribution in [0.2, 0.25) is 10.0 Å². The third kappa shape index (κ3) is 6.95. The Kier molecular flexibility index (Phi) is 9.49. The predicted molar refractivity (Wildman–Crippen MR) is 152 cm³/mol. The fourth-order valence-electron chi connectivity index (χ4n) is 4.24. The molecule has 0 aliphatic carbocycles. The van der Waals surface area contributed by atoms with Crippen LogP contribution in [0.3, 0.4) is 0 Å². The highest BCUT2D eigenvalue weighted by atomic mass is 79.9. The number of nitrogens with one attached hydrogen (secondary N) is 1. The third-order valence-electron chi connectivity index (χ3n) is 6.32. The normalized spacial score (nSPS) is 14.3. The van der Waals surface area contributed by atoms with E-state index in [4.69, 9.17) is 23.2 Å². The maximum absolute atomic E-state index is 12.9. The number of rotatable bonds is 8. The van der Waals surface area contributed by atoms with E-state index in [-0.39, 0.29) is 62.3 Å². The van der Waals surface area contributed by atoms with Crippen LogP contribution in [0, 0.1) is 0 Å². The molecule has 1 aliphatic rings. The van der Waals surface area contributed by atoms with Gasteiger partial charge in [-0.15, -0.1) is 0 Å². The summed E-state index contributed by atoms with van der Waals surface area (Å²) in [5, 5.41) is 3.94. The van der Waals surface area contributed by atoms with Crippen molar-refractivity contribution in [3.63, 3.8) is 0 Å². The molecule has 38 heavy (non-hydrogen) atoms. The highest BCUT2D eigenvalue weighted by Gasteiger charge is 2.30. The molecule has 0 unspecified atom stereocenters. The smallest absolute Gasteiger partial charge is 0.243 e. The summed E-state index contributed by atoms with van der Waals surface area (Å²) in [6.07, 6.45) is 0.0933. The molecule has 1 saturated heterocycles. The Hall–Kier alpha value is -2.43. The molecule has 1 heterocycles. The van der Waals surface area contributed by atoms with Gasteiger partial charge in [-0.3, -0.25) is 9.59 Å². The molecule has 7 nitrogen and oxygen atoms in total. The Labute approximate surface area is 240 Å². The van der Waals surface area contributed by atoms with Crippen molar-refractivity contribution >= 4 is 61.0 Å². The highest BCUT2D eigenvalue weighted by Crippen LogP contribution is 2.32. The number of halogens is 3. The van der Waals surface area contributed by atoms with Gasteiger partial charge >= 0.3 is 0 Å². The molecule has 200 valence electrons. The zero-order valence-corrected chi connectivity index (χ0v) is 24.3. The molecule has 4 rings (SSSR count). The summed E-state index contributed by atoms with van der Waals surface area (Å²) in [6.45, 7) is 1.27. The minimum absolute atomic E-state index is 0.0418. The quantitative estimate of drug-likeness (QED) is 0.360. The van der Waals surface area contributed by atoms with Gasteiger partial charge < -0.3 is 10.2 Å². The van der Waals surface area contributed by atoms with Crippen LogP contribution < -0.4 is 5.32 Å². The number of hydrogen-bond donors (Lipinski definition) is 1. The van der Waals surface area contributed by atoms with Crippen LogP contribution in [0.4, 0.5) is 0 Å². The molecule has 1 N–H and O–H groups in total. The Bertz CT molecular complexity index is 1430. The van der Waals surface area contributed by atoms with Gasteiger partial charge in [0.05, 0.1) is 4.90 Å². The van der Waals surface area contributed by atoms with Crippen LogP contribution >= 0.6 is 39.1 Å². The van der Waals surface area contributed by atoms with Gasteiger partial charge in [-0.1, -0.05) is 69.5 Å². The summed E-state index contributed by atoms with van der Waals surface area (Å²) < 4.78 is 27.9. The largest absolute Gasteiger partial charge is 0.352 e. The molecule has 1 fully saturated rings. The first-order chi connectivity index (χ1) is 18.1. The van der Waals surface area contributed by atoms with E-state index in [0.29, 0.717) is 10.0 Å². The van der Waals surface area contributed by atoms with Gasteiger partial charge in [0.2, 0.25) is 21.8 Å². The van der Waals surface area contributed by atoms with Gasteiger partial charge in [0.25, 0.3) is 0 Å². The number of sulfonamides is 1. The van der Waals surface area contributed by atoms with Gasteiger partial charge in [-0.25, -0.2) is 8.42 Å². The van der Waals surface area contributed by atoms with E-state index in [9.17, 15) is 18.0 Å². The van der Waals surface area contributed by atoms with Gasteiger partial charge in [0.1, 0.15) is 0 Å². The molecule has 2 amide bonds. The van der Waals surface area contributed by atoms with E-state index in [2.05, 4.69) is 21.2 Å². The molecule has 0 atom stereocenters. The summed E-state index contributed by atoms with van der Waals surface area (Å²) in [7, 11) is -3.62. The van der Waals surface area contributed by atoms with Gasteiger partial charge in [-0.2, -0.15) is 4.31 Å². The first-order valence-corrected chi connectivity index (χ1v) is 15.0. The summed E-state index contributed by atoms with van der Waals surface area (Å²) >= 11 is 15.7. The zero-order chi connectivity index (χ0) is 27.3. The molecule has 11 heteroatoms. The fraction of sp³-hybridized carbons (Fsp3) is 0.259. The van der Waals surface area contributed by atoms with Gasteiger partial charge in [-0.05, 0) is 47.5 Å². The lowest BCUT2D eigenvalue weighted by Crippen LogP contribution is -2.50. The predicted octanol–water partition coefficient (Wildman–Crippen LogP) is 5.35. The maximum atomic E-state index is 12.9. The van der Waals surface area contributed by atoms with Crippen LogP contribution in [0.25, 0.3) is 11.1 Å². The van der Waals surface area contributed by atoms with Gasteiger partial charge in [0.15, 0.2) is 0 Å².